The molecule has 7 nitrogen and oxygen atoms in total. The van der Waals surface area contributed by atoms with Crippen LogP contribution in [0.2, 0.25) is 0 Å². The van der Waals surface area contributed by atoms with Gasteiger partial charge in [0.05, 0.1) is 11.6 Å². The quantitative estimate of drug-likeness (QED) is 0.383. The number of carbonyl (C=O) groups excluding carboxylic acids is 2. The van der Waals surface area contributed by atoms with Crippen LogP contribution in [0.25, 0.3) is 11.1 Å². The molecule has 178 valence electrons. The Kier molecular flexibility index (Phi) is 6.30. The third-order valence-corrected chi connectivity index (χ3v) is 7.23. The minimum absolute atomic E-state index is 0.0191. The monoisotopic (exact) mass is 534 g/mol. The zero-order chi connectivity index (χ0) is 24.5. The minimum atomic E-state index is -0.823. The van der Waals surface area contributed by atoms with Gasteiger partial charge in [0.2, 0.25) is 0 Å². The van der Waals surface area contributed by atoms with Gasteiger partial charge in [-0.15, -0.1) is 0 Å². The summed E-state index contributed by atoms with van der Waals surface area (Å²) >= 11 is 3.40. The first kappa shape index (κ1) is 23.1. The van der Waals surface area contributed by atoms with E-state index in [9.17, 15) is 14.4 Å². The number of ether oxygens (including phenoxy) is 1. The standard InChI is InChI=1S/C27H23BrN2O5/c28-23-12-15(25(31)29-13-16-11-21(16)26(32)33)9-10-24(23)30-27(34)35-14-22-19-7-3-1-5-17(19)18-6-2-4-8-20(18)22/h1-10,12,16,21-22H,11,13-14H2,(H,29,31)(H,30,34)(H,32,33)/t16-,21-/m1/s1. The molecule has 0 heterocycles. The molecule has 2 aliphatic carbocycles. The van der Waals surface area contributed by atoms with Crippen LogP contribution in [0.3, 0.4) is 0 Å². The third-order valence-electron chi connectivity index (χ3n) is 6.58. The van der Waals surface area contributed by atoms with Gasteiger partial charge >= 0.3 is 12.1 Å². The molecule has 0 spiro atoms. The second-order valence-electron chi connectivity index (χ2n) is 8.80. The molecular formula is C27H23BrN2O5. The number of fused-ring (bicyclic) bond motifs is 3. The Labute approximate surface area is 210 Å². The zero-order valence-electron chi connectivity index (χ0n) is 18.7. The van der Waals surface area contributed by atoms with Gasteiger partial charge in [-0.1, -0.05) is 48.5 Å². The van der Waals surface area contributed by atoms with Crippen LogP contribution < -0.4 is 10.6 Å². The molecule has 5 rings (SSSR count). The first-order valence-corrected chi connectivity index (χ1v) is 12.1. The molecule has 2 amide bonds. The van der Waals surface area contributed by atoms with Crippen LogP contribution in [-0.2, 0) is 9.53 Å². The van der Waals surface area contributed by atoms with Gasteiger partial charge in [-0.25, -0.2) is 4.79 Å². The molecule has 2 atom stereocenters. The SMILES string of the molecule is O=C(Nc1ccc(C(=O)NC[C@H]2C[C@H]2C(=O)O)cc1Br)OCC1c2ccccc2-c2ccccc21. The van der Waals surface area contributed by atoms with Crippen molar-refractivity contribution in [1.29, 1.82) is 0 Å². The van der Waals surface area contributed by atoms with E-state index in [1.165, 1.54) is 0 Å². The summed E-state index contributed by atoms with van der Waals surface area (Å²) in [5, 5.41) is 14.5. The van der Waals surface area contributed by atoms with Crippen LogP contribution in [0.15, 0.2) is 71.2 Å². The van der Waals surface area contributed by atoms with Gasteiger partial charge in [0, 0.05) is 22.5 Å². The fourth-order valence-electron chi connectivity index (χ4n) is 4.60. The lowest BCUT2D eigenvalue weighted by molar-refractivity contribution is -0.138. The number of benzene rings is 3. The summed E-state index contributed by atoms with van der Waals surface area (Å²) in [6.45, 7) is 0.531. The largest absolute Gasteiger partial charge is 0.481 e. The van der Waals surface area contributed by atoms with Crippen molar-refractivity contribution in [3.05, 3.63) is 87.9 Å². The number of carboxylic acids is 1. The van der Waals surface area contributed by atoms with E-state index in [0.29, 0.717) is 28.7 Å². The molecule has 35 heavy (non-hydrogen) atoms. The number of rotatable bonds is 7. The number of carboxylic acid groups (broad SMARTS) is 1. The summed E-state index contributed by atoms with van der Waals surface area (Å²) in [5.41, 5.74) is 5.48. The molecule has 0 aliphatic heterocycles. The van der Waals surface area contributed by atoms with Gasteiger partial charge in [0.15, 0.2) is 0 Å². The summed E-state index contributed by atoms with van der Waals surface area (Å²) in [4.78, 5) is 35.9. The van der Waals surface area contributed by atoms with E-state index in [4.69, 9.17) is 9.84 Å². The highest BCUT2D eigenvalue weighted by molar-refractivity contribution is 9.10. The molecule has 2 aliphatic rings. The van der Waals surface area contributed by atoms with Crippen molar-refractivity contribution in [2.45, 2.75) is 12.3 Å². The summed E-state index contributed by atoms with van der Waals surface area (Å²) in [7, 11) is 0. The first-order chi connectivity index (χ1) is 16.9. The number of aliphatic carboxylic acids is 1. The van der Waals surface area contributed by atoms with Crippen molar-refractivity contribution in [2.75, 3.05) is 18.5 Å². The van der Waals surface area contributed by atoms with Crippen molar-refractivity contribution < 1.29 is 24.2 Å². The van der Waals surface area contributed by atoms with E-state index in [2.05, 4.69) is 50.8 Å². The second-order valence-corrected chi connectivity index (χ2v) is 9.65. The van der Waals surface area contributed by atoms with Crippen molar-refractivity contribution in [1.82, 2.24) is 5.32 Å². The highest BCUT2D eigenvalue weighted by Gasteiger charge is 2.43. The Morgan fingerprint density at radius 3 is 2.23 bits per heavy atom. The number of amides is 2. The first-order valence-electron chi connectivity index (χ1n) is 11.3. The lowest BCUT2D eigenvalue weighted by Gasteiger charge is -2.15. The van der Waals surface area contributed by atoms with Gasteiger partial charge in [-0.2, -0.15) is 0 Å². The van der Waals surface area contributed by atoms with Crippen LogP contribution in [0.4, 0.5) is 10.5 Å². The molecule has 3 aromatic rings. The van der Waals surface area contributed by atoms with Gasteiger partial charge in [-0.3, -0.25) is 14.9 Å². The van der Waals surface area contributed by atoms with Crippen molar-refractivity contribution >= 4 is 39.6 Å². The average Bonchev–Trinajstić information content (AvgIpc) is 3.58. The summed E-state index contributed by atoms with van der Waals surface area (Å²) in [6.07, 6.45) is 0.000628. The molecule has 1 fully saturated rings. The molecule has 0 aromatic heterocycles. The van der Waals surface area contributed by atoms with Crippen LogP contribution >= 0.6 is 15.9 Å². The van der Waals surface area contributed by atoms with Crippen molar-refractivity contribution in [3.63, 3.8) is 0 Å². The number of hydrogen-bond donors (Lipinski definition) is 3. The Hall–Kier alpha value is -3.65. The van der Waals surface area contributed by atoms with Crippen LogP contribution in [-0.4, -0.2) is 36.2 Å². The molecule has 3 aromatic carbocycles. The maximum atomic E-state index is 12.6. The van der Waals surface area contributed by atoms with Gasteiger partial charge in [-0.05, 0) is 68.7 Å². The number of halogens is 1. The molecule has 0 unspecified atom stereocenters. The molecule has 1 saturated carbocycles. The molecular weight excluding hydrogens is 512 g/mol. The van der Waals surface area contributed by atoms with E-state index >= 15 is 0 Å². The molecule has 8 heteroatoms. The fourth-order valence-corrected chi connectivity index (χ4v) is 5.08. The molecule has 0 radical (unpaired) electrons. The Bertz CT molecular complexity index is 1280. The normalized spacial score (nSPS) is 17.7. The summed E-state index contributed by atoms with van der Waals surface area (Å²) in [6, 6.07) is 21.1. The highest BCUT2D eigenvalue weighted by Crippen LogP contribution is 2.44. The lowest BCUT2D eigenvalue weighted by Crippen LogP contribution is -2.26. The van der Waals surface area contributed by atoms with Gasteiger partial charge in [0.1, 0.15) is 6.61 Å². The predicted molar refractivity (Wildman–Crippen MR) is 134 cm³/mol. The minimum Gasteiger partial charge on any atom is -0.481 e. The molecule has 3 N–H and O–H groups in total. The zero-order valence-corrected chi connectivity index (χ0v) is 20.2. The van der Waals surface area contributed by atoms with Crippen LogP contribution in [0, 0.1) is 11.8 Å². The van der Waals surface area contributed by atoms with Crippen molar-refractivity contribution in [2.24, 2.45) is 11.8 Å². The third kappa shape index (κ3) is 4.79. The van der Waals surface area contributed by atoms with Crippen LogP contribution in [0.5, 0.6) is 0 Å². The topological polar surface area (TPSA) is 105 Å². The van der Waals surface area contributed by atoms with E-state index in [-0.39, 0.29) is 30.3 Å². The number of hydrogen-bond acceptors (Lipinski definition) is 4. The number of nitrogens with one attached hydrogen (secondary N) is 2. The lowest BCUT2D eigenvalue weighted by atomic mass is 9.98. The average molecular weight is 535 g/mol. The van der Waals surface area contributed by atoms with Gasteiger partial charge in [0.25, 0.3) is 5.91 Å². The predicted octanol–water partition coefficient (Wildman–Crippen LogP) is 5.26. The van der Waals surface area contributed by atoms with E-state index in [1.54, 1.807) is 18.2 Å². The Morgan fingerprint density at radius 1 is 0.971 bits per heavy atom. The highest BCUT2D eigenvalue weighted by atomic mass is 79.9. The number of anilines is 1. The summed E-state index contributed by atoms with van der Waals surface area (Å²) in [5.74, 6) is -1.54. The second kappa shape index (κ2) is 9.54. The van der Waals surface area contributed by atoms with Crippen LogP contribution in [0.1, 0.15) is 33.8 Å². The Balaban J connectivity index is 1.18. The van der Waals surface area contributed by atoms with E-state index in [0.717, 1.165) is 22.3 Å². The number of carbonyl (C=O) groups is 3. The Morgan fingerprint density at radius 2 is 1.63 bits per heavy atom. The van der Waals surface area contributed by atoms with Gasteiger partial charge < -0.3 is 15.2 Å². The smallest absolute Gasteiger partial charge is 0.411 e. The summed E-state index contributed by atoms with van der Waals surface area (Å²) < 4.78 is 6.12. The van der Waals surface area contributed by atoms with Crippen molar-refractivity contribution in [3.8, 4) is 11.1 Å². The fraction of sp³-hybridized carbons (Fsp3) is 0.222. The maximum absolute atomic E-state index is 12.6. The van der Waals surface area contributed by atoms with E-state index in [1.807, 2.05) is 24.3 Å². The molecule has 0 saturated heterocycles. The van der Waals surface area contributed by atoms with E-state index < -0.39 is 12.1 Å². The molecule has 0 bridgehead atoms. The maximum Gasteiger partial charge on any atom is 0.411 e.